The lowest BCUT2D eigenvalue weighted by molar-refractivity contribution is 0.408. The van der Waals surface area contributed by atoms with Crippen molar-refractivity contribution in [2.24, 2.45) is 5.73 Å². The largest absolute Gasteiger partial charge is 0.496 e. The Morgan fingerprint density at radius 2 is 2.00 bits per heavy atom. The summed E-state index contributed by atoms with van der Waals surface area (Å²) in [6.45, 7) is 7.40. The fourth-order valence-electron chi connectivity index (χ4n) is 1.75. The summed E-state index contributed by atoms with van der Waals surface area (Å²) in [6, 6.07) is 6.44. The molecule has 0 aliphatic rings. The first kappa shape index (κ1) is 13.0. The lowest BCUT2D eigenvalue weighted by atomic mass is 9.81. The molecule has 0 saturated heterocycles. The van der Waals surface area contributed by atoms with E-state index in [2.05, 4.69) is 39.0 Å². The predicted molar refractivity (Wildman–Crippen MR) is 69.1 cm³/mol. The fraction of sp³-hybridized carbons (Fsp3) is 0.571. The van der Waals surface area contributed by atoms with E-state index in [0.717, 1.165) is 18.6 Å². The monoisotopic (exact) mass is 221 g/mol. The zero-order valence-electron chi connectivity index (χ0n) is 10.8. The topological polar surface area (TPSA) is 35.2 Å². The van der Waals surface area contributed by atoms with E-state index in [-0.39, 0.29) is 5.41 Å². The number of ether oxygens (including phenoxy) is 1. The third-order valence-corrected chi connectivity index (χ3v) is 3.36. The highest BCUT2D eigenvalue weighted by molar-refractivity contribution is 5.40. The Morgan fingerprint density at radius 3 is 2.50 bits per heavy atom. The van der Waals surface area contributed by atoms with E-state index in [1.165, 1.54) is 11.1 Å². The molecule has 0 radical (unpaired) electrons. The summed E-state index contributed by atoms with van der Waals surface area (Å²) in [4.78, 5) is 0. The number of hydrogen-bond acceptors (Lipinski definition) is 2. The molecule has 1 aromatic rings. The van der Waals surface area contributed by atoms with Gasteiger partial charge in [0, 0.05) is 0 Å². The standard InChI is InChI=1S/C14H23NO/c1-5-14(2,3)12-6-7-13(16-4)11(10-12)8-9-15/h6-7,10H,5,8-9,15H2,1-4H3. The zero-order valence-corrected chi connectivity index (χ0v) is 10.8. The zero-order chi connectivity index (χ0) is 12.2. The number of benzene rings is 1. The average Bonchev–Trinajstić information content (AvgIpc) is 2.29. The molecular weight excluding hydrogens is 198 g/mol. The second-order valence-corrected chi connectivity index (χ2v) is 4.80. The third-order valence-electron chi connectivity index (χ3n) is 3.36. The average molecular weight is 221 g/mol. The van der Waals surface area contributed by atoms with E-state index in [1.807, 2.05) is 0 Å². The first-order valence-electron chi connectivity index (χ1n) is 5.92. The van der Waals surface area contributed by atoms with Crippen molar-refractivity contribution in [2.45, 2.75) is 39.0 Å². The van der Waals surface area contributed by atoms with Crippen molar-refractivity contribution in [3.63, 3.8) is 0 Å². The van der Waals surface area contributed by atoms with Gasteiger partial charge >= 0.3 is 0 Å². The molecule has 2 nitrogen and oxygen atoms in total. The van der Waals surface area contributed by atoms with Gasteiger partial charge in [0.05, 0.1) is 7.11 Å². The van der Waals surface area contributed by atoms with Crippen molar-refractivity contribution in [2.75, 3.05) is 13.7 Å². The summed E-state index contributed by atoms with van der Waals surface area (Å²) in [5, 5.41) is 0. The van der Waals surface area contributed by atoms with Gasteiger partial charge in [-0.1, -0.05) is 32.9 Å². The molecule has 16 heavy (non-hydrogen) atoms. The fourth-order valence-corrected chi connectivity index (χ4v) is 1.75. The number of nitrogens with two attached hydrogens (primary N) is 1. The van der Waals surface area contributed by atoms with Crippen LogP contribution in [0.4, 0.5) is 0 Å². The van der Waals surface area contributed by atoms with Crippen LogP contribution in [0.1, 0.15) is 38.3 Å². The second-order valence-electron chi connectivity index (χ2n) is 4.80. The normalized spacial score (nSPS) is 11.6. The highest BCUT2D eigenvalue weighted by Crippen LogP contribution is 2.30. The molecule has 0 fully saturated rings. The molecule has 1 rings (SSSR count). The molecule has 0 aliphatic heterocycles. The summed E-state index contributed by atoms with van der Waals surface area (Å²) in [6.07, 6.45) is 2.00. The van der Waals surface area contributed by atoms with Crippen LogP contribution in [0.15, 0.2) is 18.2 Å². The Hall–Kier alpha value is -1.02. The molecule has 0 bridgehead atoms. The van der Waals surface area contributed by atoms with Gasteiger partial charge in [0.15, 0.2) is 0 Å². The summed E-state index contributed by atoms with van der Waals surface area (Å²) in [5.41, 5.74) is 8.41. The van der Waals surface area contributed by atoms with Gasteiger partial charge in [0.25, 0.3) is 0 Å². The summed E-state index contributed by atoms with van der Waals surface area (Å²) < 4.78 is 5.34. The van der Waals surface area contributed by atoms with Crippen LogP contribution in [-0.2, 0) is 11.8 Å². The number of hydrogen-bond donors (Lipinski definition) is 1. The van der Waals surface area contributed by atoms with Gasteiger partial charge in [0.1, 0.15) is 5.75 Å². The third kappa shape index (κ3) is 2.76. The summed E-state index contributed by atoms with van der Waals surface area (Å²) in [7, 11) is 1.71. The number of rotatable bonds is 5. The second kappa shape index (κ2) is 5.35. The Labute approximate surface area is 98.8 Å². The van der Waals surface area contributed by atoms with Crippen LogP contribution in [0.2, 0.25) is 0 Å². The molecule has 90 valence electrons. The Balaban J connectivity index is 3.11. The van der Waals surface area contributed by atoms with Gasteiger partial charge in [-0.05, 0) is 42.0 Å². The van der Waals surface area contributed by atoms with Crippen LogP contribution in [0, 0.1) is 0 Å². The van der Waals surface area contributed by atoms with Gasteiger partial charge in [-0.25, -0.2) is 0 Å². The maximum atomic E-state index is 5.62. The SMILES string of the molecule is CCC(C)(C)c1ccc(OC)c(CCN)c1. The van der Waals surface area contributed by atoms with E-state index >= 15 is 0 Å². The van der Waals surface area contributed by atoms with E-state index in [1.54, 1.807) is 7.11 Å². The van der Waals surface area contributed by atoms with Crippen molar-refractivity contribution in [1.29, 1.82) is 0 Å². The minimum atomic E-state index is 0.218. The van der Waals surface area contributed by atoms with Crippen molar-refractivity contribution in [3.05, 3.63) is 29.3 Å². The molecule has 0 saturated carbocycles. The molecule has 0 aliphatic carbocycles. The molecule has 0 amide bonds. The number of methoxy groups -OCH3 is 1. The van der Waals surface area contributed by atoms with Crippen LogP contribution in [0.5, 0.6) is 5.75 Å². The van der Waals surface area contributed by atoms with E-state index in [0.29, 0.717) is 6.54 Å². The first-order chi connectivity index (χ1) is 7.55. The highest BCUT2D eigenvalue weighted by Gasteiger charge is 2.19. The van der Waals surface area contributed by atoms with Crippen LogP contribution in [0.3, 0.4) is 0 Å². The van der Waals surface area contributed by atoms with Gasteiger partial charge in [0.2, 0.25) is 0 Å². The summed E-state index contributed by atoms with van der Waals surface area (Å²) in [5.74, 6) is 0.945. The van der Waals surface area contributed by atoms with Crippen molar-refractivity contribution in [3.8, 4) is 5.75 Å². The van der Waals surface area contributed by atoms with Gasteiger partial charge in [-0.2, -0.15) is 0 Å². The molecule has 1 aromatic carbocycles. The maximum Gasteiger partial charge on any atom is 0.122 e. The molecule has 0 aromatic heterocycles. The Morgan fingerprint density at radius 1 is 1.31 bits per heavy atom. The van der Waals surface area contributed by atoms with Gasteiger partial charge in [-0.3, -0.25) is 0 Å². The van der Waals surface area contributed by atoms with Crippen LogP contribution >= 0.6 is 0 Å². The van der Waals surface area contributed by atoms with E-state index < -0.39 is 0 Å². The van der Waals surface area contributed by atoms with Gasteiger partial charge < -0.3 is 10.5 Å². The smallest absolute Gasteiger partial charge is 0.122 e. The molecular formula is C14H23NO. The molecule has 2 heteroatoms. The molecule has 0 heterocycles. The molecule has 0 spiro atoms. The van der Waals surface area contributed by atoms with E-state index in [4.69, 9.17) is 10.5 Å². The van der Waals surface area contributed by atoms with Crippen LogP contribution in [0.25, 0.3) is 0 Å². The maximum absolute atomic E-state index is 5.62. The Bertz CT molecular complexity index is 345. The van der Waals surface area contributed by atoms with Crippen molar-refractivity contribution >= 4 is 0 Å². The lowest BCUT2D eigenvalue weighted by Crippen LogP contribution is -2.16. The highest BCUT2D eigenvalue weighted by atomic mass is 16.5. The lowest BCUT2D eigenvalue weighted by Gasteiger charge is -2.24. The van der Waals surface area contributed by atoms with Gasteiger partial charge in [-0.15, -0.1) is 0 Å². The van der Waals surface area contributed by atoms with Crippen molar-refractivity contribution < 1.29 is 4.74 Å². The van der Waals surface area contributed by atoms with Crippen LogP contribution < -0.4 is 10.5 Å². The molecule has 0 unspecified atom stereocenters. The van der Waals surface area contributed by atoms with Crippen molar-refractivity contribution in [1.82, 2.24) is 0 Å². The molecule has 0 atom stereocenters. The molecule has 2 N–H and O–H groups in total. The Kier molecular flexibility index (Phi) is 4.36. The predicted octanol–water partition coefficient (Wildman–Crippen LogP) is 2.88. The summed E-state index contributed by atoms with van der Waals surface area (Å²) >= 11 is 0. The van der Waals surface area contributed by atoms with Crippen LogP contribution in [-0.4, -0.2) is 13.7 Å². The van der Waals surface area contributed by atoms with E-state index in [9.17, 15) is 0 Å². The quantitative estimate of drug-likeness (QED) is 0.829. The first-order valence-corrected chi connectivity index (χ1v) is 5.92. The minimum Gasteiger partial charge on any atom is -0.496 e. The minimum absolute atomic E-state index is 0.218.